The third-order valence-electron chi connectivity index (χ3n) is 4.47. The zero-order valence-corrected chi connectivity index (χ0v) is 19.4. The van der Waals surface area contributed by atoms with Gasteiger partial charge in [0.2, 0.25) is 15.2 Å². The van der Waals surface area contributed by atoms with Crippen LogP contribution in [0.5, 0.6) is 0 Å². The van der Waals surface area contributed by atoms with Crippen molar-refractivity contribution in [1.82, 2.24) is 13.7 Å². The van der Waals surface area contributed by atoms with E-state index in [0.29, 0.717) is 36.5 Å². The van der Waals surface area contributed by atoms with Crippen LogP contribution < -0.4 is 4.90 Å². The number of benzene rings is 2. The number of aromatic nitrogens is 2. The van der Waals surface area contributed by atoms with E-state index in [1.165, 1.54) is 15.8 Å². The molecule has 0 saturated carbocycles. The minimum atomic E-state index is -3.56. The van der Waals surface area contributed by atoms with Crippen molar-refractivity contribution >= 4 is 58.5 Å². The van der Waals surface area contributed by atoms with Crippen LogP contribution in [-0.4, -0.2) is 48.3 Å². The lowest BCUT2D eigenvalue weighted by Crippen LogP contribution is -2.48. The maximum atomic E-state index is 13.0. The largest absolute Gasteiger partial charge is 0.344 e. The minimum absolute atomic E-state index is 0.276. The van der Waals surface area contributed by atoms with Gasteiger partial charge in [-0.3, -0.25) is 0 Å². The van der Waals surface area contributed by atoms with Gasteiger partial charge in [-0.1, -0.05) is 46.3 Å². The predicted molar refractivity (Wildman–Crippen MR) is 118 cm³/mol. The molecule has 28 heavy (non-hydrogen) atoms. The van der Waals surface area contributed by atoms with Gasteiger partial charge in [0.25, 0.3) is 0 Å². The Morgan fingerprint density at radius 2 is 1.68 bits per heavy atom. The molecule has 0 atom stereocenters. The van der Waals surface area contributed by atoms with Crippen molar-refractivity contribution < 1.29 is 8.42 Å². The average Bonchev–Trinajstić information content (AvgIpc) is 3.21. The van der Waals surface area contributed by atoms with Gasteiger partial charge in [-0.05, 0) is 34.1 Å². The molecule has 0 unspecified atom stereocenters. The molecule has 1 fully saturated rings. The summed E-state index contributed by atoms with van der Waals surface area (Å²) in [6.45, 7) is 1.96. The summed E-state index contributed by atoms with van der Waals surface area (Å²) in [6.07, 6.45) is 0. The second-order valence-electron chi connectivity index (χ2n) is 6.23. The zero-order valence-electron chi connectivity index (χ0n) is 14.6. The quantitative estimate of drug-likeness (QED) is 0.492. The Bertz CT molecular complexity index is 1080. The molecule has 3 aromatic rings. The van der Waals surface area contributed by atoms with Crippen molar-refractivity contribution in [2.75, 3.05) is 31.1 Å². The van der Waals surface area contributed by atoms with E-state index >= 15 is 0 Å². The molecule has 0 N–H and O–H groups in total. The molecule has 0 radical (unpaired) electrons. The Morgan fingerprint density at radius 1 is 0.964 bits per heavy atom. The topological polar surface area (TPSA) is 66.4 Å². The molecule has 0 bridgehead atoms. The summed E-state index contributed by atoms with van der Waals surface area (Å²) in [5.41, 5.74) is 0.978. The van der Waals surface area contributed by atoms with Crippen molar-refractivity contribution in [3.8, 4) is 11.4 Å². The molecular formula is C18H16Br2N4O2S2. The van der Waals surface area contributed by atoms with Crippen LogP contribution in [0.3, 0.4) is 0 Å². The highest BCUT2D eigenvalue weighted by molar-refractivity contribution is 9.11. The highest BCUT2D eigenvalue weighted by Gasteiger charge is 2.31. The summed E-state index contributed by atoms with van der Waals surface area (Å²) in [4.78, 5) is 6.99. The van der Waals surface area contributed by atoms with Crippen molar-refractivity contribution in [2.45, 2.75) is 4.90 Å². The number of hydrogen-bond donors (Lipinski definition) is 0. The van der Waals surface area contributed by atoms with E-state index in [1.807, 2.05) is 30.3 Å². The first-order valence-electron chi connectivity index (χ1n) is 8.54. The lowest BCUT2D eigenvalue weighted by molar-refractivity contribution is 0.384. The standard InChI is InChI=1S/C18H16Br2N4O2S2/c19-14-6-7-15(20)16(12-14)28(25,26)24-10-8-23(9-11-24)18-21-17(22-27-18)13-4-2-1-3-5-13/h1-7,12H,8-11H2. The van der Waals surface area contributed by atoms with Crippen LogP contribution in [0.4, 0.5) is 5.13 Å². The van der Waals surface area contributed by atoms with Gasteiger partial charge in [0, 0.05) is 52.2 Å². The summed E-state index contributed by atoms with van der Waals surface area (Å²) in [5, 5.41) is 0.819. The summed E-state index contributed by atoms with van der Waals surface area (Å²) in [6, 6.07) is 15.0. The Hall–Kier alpha value is -1.33. The predicted octanol–water partition coefficient (Wildman–Crippen LogP) is 4.24. The Balaban J connectivity index is 1.48. The third-order valence-corrected chi connectivity index (χ3v) is 8.63. The molecular weight excluding hydrogens is 528 g/mol. The zero-order chi connectivity index (χ0) is 19.7. The highest BCUT2D eigenvalue weighted by atomic mass is 79.9. The molecule has 1 aliphatic heterocycles. The molecule has 1 saturated heterocycles. The fourth-order valence-corrected chi connectivity index (χ4v) is 6.61. The number of halogens is 2. The van der Waals surface area contributed by atoms with Crippen molar-refractivity contribution in [1.29, 1.82) is 0 Å². The minimum Gasteiger partial charge on any atom is -0.344 e. The van der Waals surface area contributed by atoms with E-state index in [2.05, 4.69) is 46.1 Å². The first kappa shape index (κ1) is 20.0. The first-order valence-corrected chi connectivity index (χ1v) is 12.3. The van der Waals surface area contributed by atoms with Crippen LogP contribution in [0.1, 0.15) is 0 Å². The molecule has 1 aliphatic rings. The maximum absolute atomic E-state index is 13.0. The summed E-state index contributed by atoms with van der Waals surface area (Å²) < 4.78 is 33.3. The van der Waals surface area contributed by atoms with E-state index < -0.39 is 10.0 Å². The number of piperazine rings is 1. The molecule has 1 aromatic heterocycles. The molecule has 4 rings (SSSR count). The maximum Gasteiger partial charge on any atom is 0.244 e. The summed E-state index contributed by atoms with van der Waals surface area (Å²) in [7, 11) is -3.56. The van der Waals surface area contributed by atoms with Gasteiger partial charge < -0.3 is 4.90 Å². The third kappa shape index (κ3) is 4.02. The second kappa shape index (κ2) is 8.19. The van der Waals surface area contributed by atoms with Crippen LogP contribution in [0.2, 0.25) is 0 Å². The smallest absolute Gasteiger partial charge is 0.244 e. The van der Waals surface area contributed by atoms with Crippen LogP contribution >= 0.6 is 43.4 Å². The van der Waals surface area contributed by atoms with Gasteiger partial charge in [0.15, 0.2) is 5.82 Å². The lowest BCUT2D eigenvalue weighted by atomic mass is 10.2. The van der Waals surface area contributed by atoms with Crippen LogP contribution in [-0.2, 0) is 10.0 Å². The fraction of sp³-hybridized carbons (Fsp3) is 0.222. The van der Waals surface area contributed by atoms with E-state index in [0.717, 1.165) is 15.2 Å². The van der Waals surface area contributed by atoms with Crippen LogP contribution in [0, 0.1) is 0 Å². The number of rotatable bonds is 4. The Labute approximate surface area is 184 Å². The van der Waals surface area contributed by atoms with Crippen molar-refractivity contribution in [3.05, 3.63) is 57.5 Å². The summed E-state index contributed by atoms with van der Waals surface area (Å²) in [5.74, 6) is 0.703. The van der Waals surface area contributed by atoms with E-state index in [9.17, 15) is 8.42 Å². The Morgan fingerprint density at radius 3 is 2.39 bits per heavy atom. The molecule has 0 aliphatic carbocycles. The van der Waals surface area contributed by atoms with E-state index in [1.54, 1.807) is 18.2 Å². The van der Waals surface area contributed by atoms with Crippen LogP contribution in [0.25, 0.3) is 11.4 Å². The average molecular weight is 544 g/mol. The second-order valence-corrected chi connectivity index (χ2v) is 10.6. The van der Waals surface area contributed by atoms with Gasteiger partial charge >= 0.3 is 0 Å². The molecule has 0 spiro atoms. The highest BCUT2D eigenvalue weighted by Crippen LogP contribution is 2.30. The molecule has 10 heteroatoms. The normalized spacial score (nSPS) is 15.7. The van der Waals surface area contributed by atoms with Gasteiger partial charge in [-0.15, -0.1) is 0 Å². The number of sulfonamides is 1. The van der Waals surface area contributed by atoms with Gasteiger partial charge in [0.1, 0.15) is 0 Å². The molecule has 6 nitrogen and oxygen atoms in total. The van der Waals surface area contributed by atoms with Crippen molar-refractivity contribution in [2.24, 2.45) is 0 Å². The van der Waals surface area contributed by atoms with Crippen molar-refractivity contribution in [3.63, 3.8) is 0 Å². The van der Waals surface area contributed by atoms with Gasteiger partial charge in [-0.25, -0.2) is 8.42 Å². The first-order chi connectivity index (χ1) is 13.4. The SMILES string of the molecule is O=S(=O)(c1cc(Br)ccc1Br)N1CCN(c2nc(-c3ccccc3)ns2)CC1. The molecule has 2 aromatic carbocycles. The fourth-order valence-electron chi connectivity index (χ4n) is 2.98. The molecule has 2 heterocycles. The number of nitrogens with zero attached hydrogens (tertiary/aromatic N) is 4. The van der Waals surface area contributed by atoms with Crippen LogP contribution in [0.15, 0.2) is 62.4 Å². The number of anilines is 1. The van der Waals surface area contributed by atoms with Gasteiger partial charge in [-0.2, -0.15) is 13.7 Å². The Kier molecular flexibility index (Phi) is 5.84. The van der Waals surface area contributed by atoms with E-state index in [-0.39, 0.29) is 4.90 Å². The molecule has 146 valence electrons. The van der Waals surface area contributed by atoms with E-state index in [4.69, 9.17) is 0 Å². The monoisotopic (exact) mass is 542 g/mol. The van der Waals surface area contributed by atoms with Gasteiger partial charge in [0.05, 0.1) is 4.90 Å². The number of hydrogen-bond acceptors (Lipinski definition) is 6. The lowest BCUT2D eigenvalue weighted by Gasteiger charge is -2.33. The molecule has 0 amide bonds. The summed E-state index contributed by atoms with van der Waals surface area (Å²) >= 11 is 8.04.